The molecular formula is C27H22N2O4. The Kier molecular flexibility index (Phi) is 4.98. The second-order valence-corrected chi connectivity index (χ2v) is 8.00. The zero-order chi connectivity index (χ0) is 23.1. The number of rotatable bonds is 4. The highest BCUT2D eigenvalue weighted by Crippen LogP contribution is 2.45. The van der Waals surface area contributed by atoms with Crippen molar-refractivity contribution in [1.82, 2.24) is 4.98 Å². The second kappa shape index (κ2) is 7.98. The number of ketones is 1. The van der Waals surface area contributed by atoms with E-state index in [1.54, 1.807) is 36.5 Å². The molecule has 0 spiro atoms. The molecule has 4 aromatic rings. The van der Waals surface area contributed by atoms with E-state index in [0.717, 1.165) is 22.0 Å². The number of nitrogens with zero attached hydrogens (tertiary/aromatic N) is 1. The number of carbonyl (C=O) groups excluding carboxylic acids is 2. The van der Waals surface area contributed by atoms with E-state index < -0.39 is 17.7 Å². The molecule has 6 nitrogen and oxygen atoms in total. The van der Waals surface area contributed by atoms with Crippen molar-refractivity contribution in [3.05, 3.63) is 101 Å². The van der Waals surface area contributed by atoms with Crippen LogP contribution in [0.25, 0.3) is 16.7 Å². The topological polar surface area (TPSA) is 82.6 Å². The van der Waals surface area contributed by atoms with Crippen LogP contribution in [0.2, 0.25) is 0 Å². The lowest BCUT2D eigenvalue weighted by atomic mass is 9.94. The van der Waals surface area contributed by atoms with E-state index in [-0.39, 0.29) is 11.3 Å². The van der Waals surface area contributed by atoms with Gasteiger partial charge in [0.1, 0.15) is 11.5 Å². The molecule has 6 heteroatoms. The number of para-hydroxylation sites is 2. The molecule has 0 saturated carbocycles. The number of carbonyl (C=O) groups is 2. The number of aromatic amines is 1. The molecule has 2 heterocycles. The number of methoxy groups -OCH3 is 1. The molecule has 1 amide bonds. The van der Waals surface area contributed by atoms with Gasteiger partial charge in [-0.1, -0.05) is 42.5 Å². The SMILES string of the molecule is COc1ccccc1/C(O)=C1\C(=O)C(=O)N(c2cccc(C)c2)C1c1c[nH]c2ccccc12. The van der Waals surface area contributed by atoms with Crippen LogP contribution >= 0.6 is 0 Å². The molecule has 0 radical (unpaired) electrons. The number of aromatic nitrogens is 1. The average molecular weight is 438 g/mol. The number of Topliss-reactive ketones (excluding diaryl/α,β-unsaturated/α-hetero) is 1. The Morgan fingerprint density at radius 1 is 1.00 bits per heavy atom. The molecular weight excluding hydrogens is 416 g/mol. The highest BCUT2D eigenvalue weighted by molar-refractivity contribution is 6.52. The van der Waals surface area contributed by atoms with E-state index in [2.05, 4.69) is 4.98 Å². The lowest BCUT2D eigenvalue weighted by Crippen LogP contribution is -2.29. The number of H-pyrrole nitrogens is 1. The fourth-order valence-corrected chi connectivity index (χ4v) is 4.48. The summed E-state index contributed by atoms with van der Waals surface area (Å²) < 4.78 is 5.40. The zero-order valence-corrected chi connectivity index (χ0v) is 18.2. The molecule has 1 aliphatic heterocycles. The lowest BCUT2D eigenvalue weighted by Gasteiger charge is -2.25. The van der Waals surface area contributed by atoms with Crippen LogP contribution in [0, 0.1) is 6.92 Å². The maximum Gasteiger partial charge on any atom is 0.300 e. The summed E-state index contributed by atoms with van der Waals surface area (Å²) in [4.78, 5) is 31.4. The molecule has 1 atom stereocenters. The Balaban J connectivity index is 1.81. The van der Waals surface area contributed by atoms with Crippen molar-refractivity contribution in [1.29, 1.82) is 0 Å². The van der Waals surface area contributed by atoms with Gasteiger partial charge >= 0.3 is 0 Å². The van der Waals surface area contributed by atoms with Gasteiger partial charge in [0.2, 0.25) is 0 Å². The van der Waals surface area contributed by atoms with Crippen LogP contribution < -0.4 is 9.64 Å². The van der Waals surface area contributed by atoms with Gasteiger partial charge in [-0.25, -0.2) is 0 Å². The average Bonchev–Trinajstić information content (AvgIpc) is 3.37. The fourth-order valence-electron chi connectivity index (χ4n) is 4.48. The van der Waals surface area contributed by atoms with Crippen LogP contribution in [-0.2, 0) is 9.59 Å². The van der Waals surface area contributed by atoms with Crippen LogP contribution in [-0.4, -0.2) is 28.9 Å². The fraction of sp³-hybridized carbons (Fsp3) is 0.111. The molecule has 1 aliphatic rings. The third-order valence-corrected chi connectivity index (χ3v) is 6.00. The quantitative estimate of drug-likeness (QED) is 0.263. The molecule has 33 heavy (non-hydrogen) atoms. The van der Waals surface area contributed by atoms with Gasteiger partial charge in [0.25, 0.3) is 11.7 Å². The van der Waals surface area contributed by atoms with Gasteiger partial charge in [-0.05, 0) is 42.8 Å². The number of nitrogens with one attached hydrogen (secondary N) is 1. The number of hydrogen-bond acceptors (Lipinski definition) is 4. The Morgan fingerprint density at radius 2 is 1.76 bits per heavy atom. The summed E-state index contributed by atoms with van der Waals surface area (Å²) in [6, 6.07) is 21.2. The minimum absolute atomic E-state index is 0.0239. The molecule has 164 valence electrons. The number of amides is 1. The molecule has 0 aliphatic carbocycles. The highest BCUT2D eigenvalue weighted by atomic mass is 16.5. The Bertz CT molecular complexity index is 1430. The first kappa shape index (κ1) is 20.6. The van der Waals surface area contributed by atoms with Crippen LogP contribution in [0.3, 0.4) is 0 Å². The van der Waals surface area contributed by atoms with Crippen molar-refractivity contribution in [2.75, 3.05) is 12.0 Å². The van der Waals surface area contributed by atoms with E-state index >= 15 is 0 Å². The normalized spacial score (nSPS) is 17.6. The van der Waals surface area contributed by atoms with Crippen LogP contribution in [0.4, 0.5) is 5.69 Å². The van der Waals surface area contributed by atoms with Crippen molar-refractivity contribution in [2.24, 2.45) is 0 Å². The number of hydrogen-bond donors (Lipinski definition) is 2. The van der Waals surface area contributed by atoms with Gasteiger partial charge < -0.3 is 14.8 Å². The molecule has 5 rings (SSSR count). The minimum Gasteiger partial charge on any atom is -0.507 e. The van der Waals surface area contributed by atoms with E-state index in [1.807, 2.05) is 49.4 Å². The number of fused-ring (bicyclic) bond motifs is 1. The third kappa shape index (κ3) is 3.27. The van der Waals surface area contributed by atoms with Crippen molar-refractivity contribution in [3.63, 3.8) is 0 Å². The van der Waals surface area contributed by atoms with E-state index in [0.29, 0.717) is 17.0 Å². The van der Waals surface area contributed by atoms with Gasteiger partial charge in [0, 0.05) is 28.4 Å². The summed E-state index contributed by atoms with van der Waals surface area (Å²) in [5.41, 5.74) is 3.52. The molecule has 1 fully saturated rings. The molecule has 3 aromatic carbocycles. The zero-order valence-electron chi connectivity index (χ0n) is 18.2. The van der Waals surface area contributed by atoms with Crippen LogP contribution in [0.15, 0.2) is 84.6 Å². The molecule has 1 aromatic heterocycles. The smallest absolute Gasteiger partial charge is 0.300 e. The number of aliphatic hydroxyl groups excluding tert-OH is 1. The first-order chi connectivity index (χ1) is 16.0. The van der Waals surface area contributed by atoms with Gasteiger partial charge in [-0.3, -0.25) is 14.5 Å². The van der Waals surface area contributed by atoms with Crippen molar-refractivity contribution >= 4 is 34.0 Å². The second-order valence-electron chi connectivity index (χ2n) is 8.00. The predicted octanol–water partition coefficient (Wildman–Crippen LogP) is 5.11. The van der Waals surface area contributed by atoms with Gasteiger partial charge in [-0.2, -0.15) is 0 Å². The number of aliphatic hydroxyl groups is 1. The van der Waals surface area contributed by atoms with E-state index in [9.17, 15) is 14.7 Å². The predicted molar refractivity (Wildman–Crippen MR) is 127 cm³/mol. The Labute approximate surface area is 190 Å². The molecule has 2 N–H and O–H groups in total. The first-order valence-corrected chi connectivity index (χ1v) is 10.6. The lowest BCUT2D eigenvalue weighted by molar-refractivity contribution is -0.132. The number of ether oxygens (including phenoxy) is 1. The number of benzene rings is 3. The standard InChI is InChI=1S/C27H22N2O4/c1-16-8-7-9-17(14-16)29-24(20-15-28-21-12-5-3-10-18(20)21)23(26(31)27(29)32)25(30)19-11-4-6-13-22(19)33-2/h3-15,24,28,30H,1-2H3/b25-23+. The maximum atomic E-state index is 13.4. The van der Waals surface area contributed by atoms with Gasteiger partial charge in [0.15, 0.2) is 0 Å². The largest absolute Gasteiger partial charge is 0.507 e. The molecule has 1 saturated heterocycles. The number of aryl methyl sites for hydroxylation is 1. The number of anilines is 1. The van der Waals surface area contributed by atoms with E-state index in [1.165, 1.54) is 12.0 Å². The van der Waals surface area contributed by atoms with Gasteiger partial charge in [-0.15, -0.1) is 0 Å². The molecule has 0 bridgehead atoms. The van der Waals surface area contributed by atoms with Crippen molar-refractivity contribution in [2.45, 2.75) is 13.0 Å². The van der Waals surface area contributed by atoms with Crippen LogP contribution in [0.5, 0.6) is 5.75 Å². The first-order valence-electron chi connectivity index (χ1n) is 10.6. The summed E-state index contributed by atoms with van der Waals surface area (Å²) in [5, 5.41) is 12.2. The van der Waals surface area contributed by atoms with E-state index in [4.69, 9.17) is 4.74 Å². The highest BCUT2D eigenvalue weighted by Gasteiger charge is 2.48. The summed E-state index contributed by atoms with van der Waals surface area (Å²) in [5.74, 6) is -1.28. The van der Waals surface area contributed by atoms with Crippen LogP contribution in [0.1, 0.15) is 22.7 Å². The Morgan fingerprint density at radius 3 is 2.55 bits per heavy atom. The maximum absolute atomic E-state index is 13.4. The summed E-state index contributed by atoms with van der Waals surface area (Å²) in [6.45, 7) is 1.93. The summed E-state index contributed by atoms with van der Waals surface area (Å²) >= 11 is 0. The van der Waals surface area contributed by atoms with Gasteiger partial charge in [0.05, 0.1) is 24.3 Å². The monoisotopic (exact) mass is 438 g/mol. The van der Waals surface area contributed by atoms with Crippen molar-refractivity contribution < 1.29 is 19.4 Å². The van der Waals surface area contributed by atoms with Crippen molar-refractivity contribution in [3.8, 4) is 5.75 Å². The molecule has 1 unspecified atom stereocenters. The Hall–Kier alpha value is -4.32. The minimum atomic E-state index is -0.812. The summed E-state index contributed by atoms with van der Waals surface area (Å²) in [6.07, 6.45) is 1.79. The third-order valence-electron chi connectivity index (χ3n) is 6.00. The summed E-state index contributed by atoms with van der Waals surface area (Å²) in [7, 11) is 1.49.